The topological polar surface area (TPSA) is 177 Å². The Bertz CT molecular complexity index is 1890. The Kier molecular flexibility index (Phi) is 10.0. The first-order chi connectivity index (χ1) is 20.5. The number of sulfone groups is 2. The highest BCUT2D eigenvalue weighted by atomic mass is 32.2. The smallest absolute Gasteiger partial charge is 0.281 e. The summed E-state index contributed by atoms with van der Waals surface area (Å²) in [5, 5.41) is -28.7. The molecule has 47 heavy (non-hydrogen) atoms. The fourth-order valence-electron chi connectivity index (χ4n) is 2.94. The Morgan fingerprint density at radius 2 is 0.723 bits per heavy atom. The summed E-state index contributed by atoms with van der Waals surface area (Å²) in [6, 6.07) is -0.636. The maximum absolute atomic E-state index is 14.5. The third kappa shape index (κ3) is 6.04. The number of hydrogen-bond donors (Lipinski definition) is 2. The highest BCUT2D eigenvalue weighted by molar-refractivity contribution is 7.99. The van der Waals surface area contributed by atoms with E-state index in [0.717, 1.165) is 0 Å². The molecule has 0 saturated carbocycles. The molecule has 0 unspecified atom stereocenters. The van der Waals surface area contributed by atoms with Crippen LogP contribution in [0.5, 0.6) is 0 Å². The molecule has 0 aromatic heterocycles. The first-order valence-corrected chi connectivity index (χ1v) is 17.1. The summed E-state index contributed by atoms with van der Waals surface area (Å²) >= 11 is -0.110. The van der Waals surface area contributed by atoms with Crippen LogP contribution in [0.15, 0.2) is 56.0 Å². The average Bonchev–Trinajstić information content (AvgIpc) is 2.86. The van der Waals surface area contributed by atoms with Crippen molar-refractivity contribution in [2.24, 2.45) is 0 Å². The zero-order valence-electron chi connectivity index (χ0n) is 21.0. The average molecular weight is 811 g/mol. The predicted octanol–water partition coefficient (Wildman–Crippen LogP) is 5.08. The van der Waals surface area contributed by atoms with Crippen molar-refractivity contribution in [3.63, 3.8) is 0 Å². The molecule has 268 valence electrons. The fourth-order valence-corrected chi connectivity index (χ4v) is 7.45. The summed E-state index contributed by atoms with van der Waals surface area (Å²) in [6.45, 7) is 0. The lowest BCUT2D eigenvalue weighted by Gasteiger charge is -2.30. The lowest BCUT2D eigenvalue weighted by molar-refractivity contribution is -0.245. The number of hydrogen-bond acceptors (Lipinski definition) is 9. The lowest BCUT2D eigenvalue weighted by Crippen LogP contribution is -2.60. The Morgan fingerprint density at radius 1 is 0.468 bits per heavy atom. The van der Waals surface area contributed by atoms with Crippen LogP contribution in [0.3, 0.4) is 0 Å². The molecule has 0 bridgehead atoms. The number of benzene rings is 2. The van der Waals surface area contributed by atoms with Crippen molar-refractivity contribution in [3.8, 4) is 0 Å². The third-order valence-electron chi connectivity index (χ3n) is 5.41. The Hall–Kier alpha value is -2.47. The molecule has 0 spiro atoms. The van der Waals surface area contributed by atoms with E-state index < -0.39 is 104 Å². The van der Waals surface area contributed by atoms with Gasteiger partial charge < -0.3 is 0 Å². The van der Waals surface area contributed by atoms with Crippen LogP contribution in [0, 0.1) is 11.6 Å². The van der Waals surface area contributed by atoms with Gasteiger partial charge in [-0.25, -0.2) is 25.6 Å². The largest absolute Gasteiger partial charge is 0.439 e. The van der Waals surface area contributed by atoms with Gasteiger partial charge in [0.25, 0.3) is 19.7 Å². The Morgan fingerprint density at radius 3 is 0.936 bits per heavy atom. The van der Waals surface area contributed by atoms with Gasteiger partial charge in [-0.1, -0.05) is 11.8 Å². The van der Waals surface area contributed by atoms with E-state index in [1.807, 2.05) is 0 Å². The minimum atomic E-state index is -7.45. The van der Waals surface area contributed by atoms with E-state index in [0.29, 0.717) is 0 Å². The second-order valence-corrected chi connectivity index (χ2v) is 16.5. The molecule has 10 nitrogen and oxygen atoms in total. The van der Waals surface area contributed by atoms with Crippen LogP contribution in [0.25, 0.3) is 0 Å². The van der Waals surface area contributed by atoms with Crippen molar-refractivity contribution in [1.29, 1.82) is 0 Å². The zero-order chi connectivity index (χ0) is 37.4. The number of halogens is 14. The van der Waals surface area contributed by atoms with Crippen LogP contribution >= 0.6 is 11.8 Å². The second-order valence-electron chi connectivity index (χ2n) is 8.46. The third-order valence-corrected chi connectivity index (χ3v) is 11.9. The molecular formula is C18H8F14O10S5. The molecule has 2 aromatic rings. The minimum absolute atomic E-state index is 0.110. The van der Waals surface area contributed by atoms with Crippen molar-refractivity contribution in [2.75, 3.05) is 0 Å². The fraction of sp³-hybridized carbons (Fsp3) is 0.333. The van der Waals surface area contributed by atoms with Crippen molar-refractivity contribution < 1.29 is 104 Å². The first-order valence-electron chi connectivity index (χ1n) is 10.5. The summed E-state index contributed by atoms with van der Waals surface area (Å²) in [6.07, 6.45) is 0. The molecule has 29 heteroatoms. The van der Waals surface area contributed by atoms with E-state index in [2.05, 4.69) is 0 Å². The van der Waals surface area contributed by atoms with Gasteiger partial charge in [0.05, 0.1) is 0 Å². The van der Waals surface area contributed by atoms with Gasteiger partial charge in [-0.3, -0.25) is 9.11 Å². The van der Waals surface area contributed by atoms with Crippen LogP contribution in [0.4, 0.5) is 61.5 Å². The lowest BCUT2D eigenvalue weighted by atomic mass is 10.3. The summed E-state index contributed by atoms with van der Waals surface area (Å²) in [4.78, 5) is -6.65. The zero-order valence-corrected chi connectivity index (χ0v) is 25.0. The maximum atomic E-state index is 14.5. The van der Waals surface area contributed by atoms with Crippen LogP contribution in [-0.4, -0.2) is 75.6 Å². The van der Waals surface area contributed by atoms with Gasteiger partial charge in [0.2, 0.25) is 0 Å². The van der Waals surface area contributed by atoms with Crippen LogP contribution < -0.4 is 0 Å². The summed E-state index contributed by atoms with van der Waals surface area (Å²) in [5.41, 5.74) is 0. The highest BCUT2D eigenvalue weighted by Gasteiger charge is 2.83. The van der Waals surface area contributed by atoms with Crippen molar-refractivity contribution >= 4 is 51.7 Å². The maximum Gasteiger partial charge on any atom is 0.439 e. The van der Waals surface area contributed by atoms with Gasteiger partial charge >= 0.3 is 53.1 Å². The summed E-state index contributed by atoms with van der Waals surface area (Å²) in [7, 11) is -29.5. The molecule has 0 atom stereocenters. The van der Waals surface area contributed by atoms with E-state index in [-0.39, 0.29) is 48.2 Å². The molecule has 0 heterocycles. The van der Waals surface area contributed by atoms with E-state index >= 15 is 0 Å². The van der Waals surface area contributed by atoms with E-state index in [9.17, 15) is 95.1 Å². The van der Waals surface area contributed by atoms with E-state index in [4.69, 9.17) is 9.11 Å². The molecule has 0 saturated heterocycles. The van der Waals surface area contributed by atoms with Crippen molar-refractivity contribution in [3.05, 3.63) is 48.0 Å². The molecule has 2 N–H and O–H groups in total. The molecule has 2 rings (SSSR count). The molecule has 0 aliphatic heterocycles. The summed E-state index contributed by atoms with van der Waals surface area (Å²) in [5.74, 6) is -19.9. The molecule has 2 aromatic carbocycles. The standard InChI is InChI=1S/C18H8F14O10S5/c19-9-5-7(1-3-11(9)44(33,34)15(25,26)13(21,22)17(29,30)46(37,38)39)43-8-2-4-12(10(20)6-8)45(35,36)16(27,28)14(23,24)18(31,32)47(40,41)42/h1-6H,(H,37,38,39)(H,40,41,42). The van der Waals surface area contributed by atoms with Gasteiger partial charge in [-0.2, -0.15) is 69.5 Å². The van der Waals surface area contributed by atoms with Gasteiger partial charge in [-0.05, 0) is 36.4 Å². The van der Waals surface area contributed by atoms with Crippen molar-refractivity contribution in [1.82, 2.24) is 0 Å². The number of rotatable bonds is 12. The van der Waals surface area contributed by atoms with Crippen LogP contribution in [-0.2, 0) is 39.9 Å². The highest BCUT2D eigenvalue weighted by Crippen LogP contribution is 2.54. The number of alkyl halides is 12. The van der Waals surface area contributed by atoms with Gasteiger partial charge in [-0.15, -0.1) is 0 Å². The molecule has 0 aliphatic rings. The van der Waals surface area contributed by atoms with Crippen LogP contribution in [0.2, 0.25) is 0 Å². The minimum Gasteiger partial charge on any atom is -0.281 e. The Balaban J connectivity index is 2.53. The van der Waals surface area contributed by atoms with Gasteiger partial charge in [0.15, 0.2) is 0 Å². The monoisotopic (exact) mass is 810 g/mol. The van der Waals surface area contributed by atoms with Crippen molar-refractivity contribution in [2.45, 2.75) is 52.4 Å². The molecule has 0 amide bonds. The molecule has 0 aliphatic carbocycles. The molecule has 0 fully saturated rings. The molecular weight excluding hydrogens is 802 g/mol. The van der Waals surface area contributed by atoms with E-state index in [1.165, 1.54) is 0 Å². The Labute approximate surface area is 256 Å². The SMILES string of the molecule is O=S(=O)(O)C(F)(F)C(F)(F)C(F)(F)S(=O)(=O)c1ccc(Sc2ccc(S(=O)(=O)C(F)(F)C(F)(F)C(F)(F)S(=O)(=O)O)c(F)c2)cc1F. The van der Waals surface area contributed by atoms with Crippen LogP contribution in [0.1, 0.15) is 0 Å². The van der Waals surface area contributed by atoms with Gasteiger partial charge in [0, 0.05) is 9.79 Å². The molecule has 0 radical (unpaired) electrons. The predicted molar refractivity (Wildman–Crippen MR) is 124 cm³/mol. The van der Waals surface area contributed by atoms with Gasteiger partial charge in [0.1, 0.15) is 21.4 Å². The summed E-state index contributed by atoms with van der Waals surface area (Å²) < 4.78 is 300. The normalized spacial score (nSPS) is 15.1. The van der Waals surface area contributed by atoms with E-state index in [1.54, 1.807) is 0 Å². The quantitative estimate of drug-likeness (QED) is 0.216. The first kappa shape index (κ1) is 40.7. The second kappa shape index (κ2) is 11.6.